The molecule has 2 saturated carbocycles. The van der Waals surface area contributed by atoms with E-state index in [0.29, 0.717) is 0 Å². The lowest BCUT2D eigenvalue weighted by molar-refractivity contribution is 0.651. The van der Waals surface area contributed by atoms with Gasteiger partial charge in [-0.2, -0.15) is 5.10 Å². The van der Waals surface area contributed by atoms with Crippen LogP contribution in [0.2, 0.25) is 0 Å². The fourth-order valence-electron chi connectivity index (χ4n) is 2.71. The molecule has 1 heterocycles. The first-order chi connectivity index (χ1) is 6.86. The Bertz CT molecular complexity index is 331. The van der Waals surface area contributed by atoms with E-state index in [1.807, 2.05) is 10.9 Å². The van der Waals surface area contributed by atoms with E-state index in [2.05, 4.69) is 23.5 Å². The highest BCUT2D eigenvalue weighted by Gasteiger charge is 2.47. The molecule has 1 aromatic heterocycles. The van der Waals surface area contributed by atoms with Crippen molar-refractivity contribution in [3.8, 4) is 0 Å². The molecule has 1 aromatic rings. The number of fused-ring (bicyclic) bond motifs is 1. The number of nitrogens with one attached hydrogen (secondary N) is 1. The summed E-state index contributed by atoms with van der Waals surface area (Å²) < 4.78 is 1.97. The maximum atomic E-state index is 4.27. The van der Waals surface area contributed by atoms with Gasteiger partial charge in [0.1, 0.15) is 0 Å². The van der Waals surface area contributed by atoms with Crippen LogP contribution in [0.4, 0.5) is 5.69 Å². The van der Waals surface area contributed by atoms with Crippen LogP contribution in [-0.4, -0.2) is 15.8 Å². The third-order valence-corrected chi connectivity index (χ3v) is 3.65. The van der Waals surface area contributed by atoms with Crippen LogP contribution in [0.25, 0.3) is 0 Å². The molecular formula is C11H17N3. The van der Waals surface area contributed by atoms with Gasteiger partial charge in [-0.25, -0.2) is 0 Å². The smallest absolute Gasteiger partial charge is 0.0728 e. The van der Waals surface area contributed by atoms with Crippen LogP contribution in [0.3, 0.4) is 0 Å². The lowest BCUT2D eigenvalue weighted by Gasteiger charge is -2.13. The van der Waals surface area contributed by atoms with Crippen molar-refractivity contribution in [3.63, 3.8) is 0 Å². The van der Waals surface area contributed by atoms with E-state index in [1.54, 1.807) is 0 Å². The zero-order valence-electron chi connectivity index (χ0n) is 8.61. The van der Waals surface area contributed by atoms with Crippen LogP contribution in [0, 0.1) is 11.8 Å². The first kappa shape index (κ1) is 8.33. The van der Waals surface area contributed by atoms with Crippen molar-refractivity contribution in [1.29, 1.82) is 0 Å². The molecule has 2 aliphatic rings. The van der Waals surface area contributed by atoms with E-state index in [0.717, 1.165) is 24.4 Å². The molecule has 0 amide bonds. The third-order valence-electron chi connectivity index (χ3n) is 3.65. The Morgan fingerprint density at radius 1 is 1.57 bits per heavy atom. The van der Waals surface area contributed by atoms with Crippen LogP contribution in [-0.2, 0) is 6.54 Å². The molecule has 3 nitrogen and oxygen atoms in total. The minimum absolute atomic E-state index is 0.731. The van der Waals surface area contributed by atoms with Gasteiger partial charge in [0.15, 0.2) is 0 Å². The number of aryl methyl sites for hydroxylation is 1. The SMILES string of the molecule is CCn1cc(NC2CCC3CC32)cn1. The quantitative estimate of drug-likeness (QED) is 0.793. The summed E-state index contributed by atoms with van der Waals surface area (Å²) in [7, 11) is 0. The van der Waals surface area contributed by atoms with Crippen LogP contribution in [0.1, 0.15) is 26.2 Å². The molecule has 3 rings (SSSR count). The number of nitrogens with zero attached hydrogens (tertiary/aromatic N) is 2. The summed E-state index contributed by atoms with van der Waals surface area (Å²) in [6.45, 7) is 3.07. The maximum absolute atomic E-state index is 4.27. The van der Waals surface area contributed by atoms with Crippen LogP contribution in [0.15, 0.2) is 12.4 Å². The zero-order valence-corrected chi connectivity index (χ0v) is 8.61. The Kier molecular flexibility index (Phi) is 1.79. The minimum Gasteiger partial charge on any atom is -0.379 e. The standard InChI is InChI=1S/C11H17N3/c1-2-14-7-9(6-12-14)13-11-4-3-8-5-10(8)11/h6-8,10-11,13H,2-5H2,1H3. The van der Waals surface area contributed by atoms with E-state index < -0.39 is 0 Å². The van der Waals surface area contributed by atoms with Gasteiger partial charge in [-0.15, -0.1) is 0 Å². The average Bonchev–Trinajstić information content (AvgIpc) is 2.68. The molecule has 0 bridgehead atoms. The molecule has 1 N–H and O–H groups in total. The summed E-state index contributed by atoms with van der Waals surface area (Å²) in [4.78, 5) is 0. The van der Waals surface area contributed by atoms with Crippen molar-refractivity contribution in [2.45, 2.75) is 38.8 Å². The molecule has 0 aromatic carbocycles. The minimum atomic E-state index is 0.731. The number of anilines is 1. The number of hydrogen-bond donors (Lipinski definition) is 1. The Morgan fingerprint density at radius 2 is 2.50 bits per heavy atom. The van der Waals surface area contributed by atoms with Crippen molar-refractivity contribution in [2.24, 2.45) is 11.8 Å². The molecule has 14 heavy (non-hydrogen) atoms. The second-order valence-electron chi connectivity index (χ2n) is 4.57. The van der Waals surface area contributed by atoms with Gasteiger partial charge >= 0.3 is 0 Å². The van der Waals surface area contributed by atoms with Crippen molar-refractivity contribution in [1.82, 2.24) is 9.78 Å². The van der Waals surface area contributed by atoms with Gasteiger partial charge in [-0.3, -0.25) is 4.68 Å². The molecule has 2 aliphatic carbocycles. The molecule has 3 unspecified atom stereocenters. The number of aromatic nitrogens is 2. The van der Waals surface area contributed by atoms with Gasteiger partial charge in [0.25, 0.3) is 0 Å². The fraction of sp³-hybridized carbons (Fsp3) is 0.727. The van der Waals surface area contributed by atoms with E-state index >= 15 is 0 Å². The van der Waals surface area contributed by atoms with Gasteiger partial charge in [-0.05, 0) is 38.0 Å². The predicted octanol–water partition coefficient (Wildman–Crippen LogP) is 2.11. The first-order valence-corrected chi connectivity index (χ1v) is 5.66. The van der Waals surface area contributed by atoms with Gasteiger partial charge < -0.3 is 5.32 Å². The molecule has 76 valence electrons. The van der Waals surface area contributed by atoms with Gasteiger partial charge in [0, 0.05) is 18.8 Å². The highest BCUT2D eigenvalue weighted by atomic mass is 15.3. The lowest BCUT2D eigenvalue weighted by atomic mass is 10.2. The zero-order chi connectivity index (χ0) is 9.54. The summed E-state index contributed by atoms with van der Waals surface area (Å²) in [6, 6.07) is 0.731. The van der Waals surface area contributed by atoms with E-state index in [-0.39, 0.29) is 0 Å². The largest absolute Gasteiger partial charge is 0.379 e. The van der Waals surface area contributed by atoms with Gasteiger partial charge in [0.2, 0.25) is 0 Å². The molecule has 3 atom stereocenters. The summed E-state index contributed by atoms with van der Waals surface area (Å²) in [5, 5.41) is 7.87. The predicted molar refractivity (Wildman–Crippen MR) is 56.1 cm³/mol. The second-order valence-corrected chi connectivity index (χ2v) is 4.57. The van der Waals surface area contributed by atoms with Crippen molar-refractivity contribution in [2.75, 3.05) is 5.32 Å². The van der Waals surface area contributed by atoms with Gasteiger partial charge in [-0.1, -0.05) is 0 Å². The summed E-state index contributed by atoms with van der Waals surface area (Å²) in [5.74, 6) is 2.02. The Morgan fingerprint density at radius 3 is 3.07 bits per heavy atom. The van der Waals surface area contributed by atoms with Crippen LogP contribution < -0.4 is 5.32 Å². The second kappa shape index (κ2) is 3.01. The van der Waals surface area contributed by atoms with Crippen molar-refractivity contribution < 1.29 is 0 Å². The normalized spacial score (nSPS) is 34.2. The van der Waals surface area contributed by atoms with E-state index in [4.69, 9.17) is 0 Å². The number of rotatable bonds is 3. The third kappa shape index (κ3) is 1.31. The Balaban J connectivity index is 1.65. The van der Waals surface area contributed by atoms with E-state index in [1.165, 1.54) is 24.9 Å². The summed E-state index contributed by atoms with van der Waals surface area (Å²) >= 11 is 0. The Labute approximate surface area is 84.5 Å². The van der Waals surface area contributed by atoms with Crippen molar-refractivity contribution in [3.05, 3.63) is 12.4 Å². The summed E-state index contributed by atoms with van der Waals surface area (Å²) in [5.41, 5.74) is 1.20. The van der Waals surface area contributed by atoms with Crippen LogP contribution in [0.5, 0.6) is 0 Å². The molecule has 0 radical (unpaired) electrons. The highest BCUT2D eigenvalue weighted by molar-refractivity contribution is 5.40. The maximum Gasteiger partial charge on any atom is 0.0728 e. The molecule has 0 aliphatic heterocycles. The topological polar surface area (TPSA) is 29.9 Å². The average molecular weight is 191 g/mol. The first-order valence-electron chi connectivity index (χ1n) is 5.66. The van der Waals surface area contributed by atoms with Crippen LogP contribution >= 0.6 is 0 Å². The molecule has 3 heteroatoms. The monoisotopic (exact) mass is 191 g/mol. The molecular weight excluding hydrogens is 174 g/mol. The van der Waals surface area contributed by atoms with Crippen molar-refractivity contribution >= 4 is 5.69 Å². The van der Waals surface area contributed by atoms with E-state index in [9.17, 15) is 0 Å². The fourth-order valence-corrected chi connectivity index (χ4v) is 2.71. The highest BCUT2D eigenvalue weighted by Crippen LogP contribution is 2.52. The lowest BCUT2D eigenvalue weighted by Crippen LogP contribution is -2.18. The molecule has 2 fully saturated rings. The van der Waals surface area contributed by atoms with Gasteiger partial charge in [0.05, 0.1) is 11.9 Å². The Hall–Kier alpha value is -0.990. The number of hydrogen-bond acceptors (Lipinski definition) is 2. The molecule has 0 spiro atoms. The molecule has 0 saturated heterocycles. The summed E-state index contributed by atoms with van der Waals surface area (Å²) in [6.07, 6.45) is 8.30.